The Morgan fingerprint density at radius 1 is 0.750 bits per heavy atom. The minimum absolute atomic E-state index is 1.38. The van der Waals surface area contributed by atoms with Crippen molar-refractivity contribution in [1.29, 1.82) is 0 Å². The van der Waals surface area contributed by atoms with E-state index < -0.39 is 34.2 Å². The van der Waals surface area contributed by atoms with Crippen molar-refractivity contribution in [1.82, 2.24) is 0 Å². The van der Waals surface area contributed by atoms with Crippen LogP contribution in [0.15, 0.2) is 0 Å². The number of rotatable bonds is 2. The Balaban J connectivity index is 5.70. The second-order valence-corrected chi connectivity index (χ2v) is 8.73. The molecule has 0 unspecified atom stereocenters. The molecule has 4 nitrogen and oxygen atoms in total. The van der Waals surface area contributed by atoms with Crippen LogP contribution in [0.25, 0.3) is 0 Å². The summed E-state index contributed by atoms with van der Waals surface area (Å²) in [6, 6.07) is 0. The standard InChI is InChI=1S/C3HBrF6O4S2/c4-1(15(11,12)2(5,6)7)16(13,14)3(8,9)10/h1H. The van der Waals surface area contributed by atoms with Crippen molar-refractivity contribution in [3.8, 4) is 0 Å². The maximum atomic E-state index is 11.8. The molecule has 98 valence electrons. The van der Waals surface area contributed by atoms with E-state index in [0.29, 0.717) is 0 Å². The van der Waals surface area contributed by atoms with Gasteiger partial charge in [0.25, 0.3) is 19.7 Å². The monoisotopic (exact) mass is 358 g/mol. The van der Waals surface area contributed by atoms with Gasteiger partial charge < -0.3 is 0 Å². The summed E-state index contributed by atoms with van der Waals surface area (Å²) in [7, 11) is -13.0. The maximum absolute atomic E-state index is 11.8. The maximum Gasteiger partial charge on any atom is 0.499 e. The fourth-order valence-corrected chi connectivity index (χ4v) is 4.06. The Morgan fingerprint density at radius 3 is 1.06 bits per heavy atom. The smallest absolute Gasteiger partial charge is 0.217 e. The van der Waals surface area contributed by atoms with Crippen LogP contribution in [0.3, 0.4) is 0 Å². The number of alkyl halides is 7. The number of sulfone groups is 2. The lowest BCUT2D eigenvalue weighted by Crippen LogP contribution is -2.41. The van der Waals surface area contributed by atoms with Crippen LogP contribution in [-0.2, 0) is 19.7 Å². The van der Waals surface area contributed by atoms with Gasteiger partial charge in [0.1, 0.15) is 0 Å². The summed E-state index contributed by atoms with van der Waals surface area (Å²) < 4.78 is 108. The van der Waals surface area contributed by atoms with Gasteiger partial charge in [-0.2, -0.15) is 26.3 Å². The van der Waals surface area contributed by atoms with Crippen molar-refractivity contribution in [2.75, 3.05) is 0 Å². The molecule has 0 aliphatic rings. The van der Waals surface area contributed by atoms with Crippen LogP contribution in [0.5, 0.6) is 0 Å². The second kappa shape index (κ2) is 4.01. The molecular weight excluding hydrogens is 358 g/mol. The van der Waals surface area contributed by atoms with Gasteiger partial charge in [0.05, 0.1) is 0 Å². The molecule has 0 fully saturated rings. The first kappa shape index (κ1) is 16.0. The summed E-state index contributed by atoms with van der Waals surface area (Å²) in [6.07, 6.45) is 0. The molecule has 0 spiro atoms. The molecule has 0 N–H and O–H groups in total. The second-order valence-electron chi connectivity index (χ2n) is 2.26. The molecule has 0 aromatic carbocycles. The zero-order valence-electron chi connectivity index (χ0n) is 6.67. The summed E-state index contributed by atoms with van der Waals surface area (Å²) in [5.41, 5.74) is -12.2. The Labute approximate surface area is 93.6 Å². The highest BCUT2D eigenvalue weighted by molar-refractivity contribution is 9.13. The number of hydrogen-bond acceptors (Lipinski definition) is 4. The van der Waals surface area contributed by atoms with Crippen molar-refractivity contribution >= 4 is 35.6 Å². The lowest BCUT2D eigenvalue weighted by Gasteiger charge is -2.15. The first-order valence-electron chi connectivity index (χ1n) is 2.90. The minimum atomic E-state index is -6.51. The van der Waals surface area contributed by atoms with Gasteiger partial charge in [0.2, 0.25) is 3.49 Å². The van der Waals surface area contributed by atoms with Gasteiger partial charge in [-0.25, -0.2) is 16.8 Å². The third-order valence-electron chi connectivity index (χ3n) is 1.13. The average Bonchev–Trinajstić information content (AvgIpc) is 1.98. The lowest BCUT2D eigenvalue weighted by atomic mass is 11.5. The highest BCUT2D eigenvalue weighted by Crippen LogP contribution is 2.38. The summed E-state index contributed by atoms with van der Waals surface area (Å²) in [6.45, 7) is 0. The van der Waals surface area contributed by atoms with E-state index in [9.17, 15) is 43.2 Å². The van der Waals surface area contributed by atoms with Crippen LogP contribution in [-0.4, -0.2) is 31.3 Å². The number of halogens is 7. The Hall–Kier alpha value is -0.0400. The molecule has 0 bridgehead atoms. The van der Waals surface area contributed by atoms with Crippen LogP contribution < -0.4 is 0 Å². The molecule has 0 aliphatic carbocycles. The molecule has 0 heterocycles. The molecule has 0 aromatic rings. The zero-order valence-corrected chi connectivity index (χ0v) is 9.89. The van der Waals surface area contributed by atoms with Gasteiger partial charge in [-0.3, -0.25) is 0 Å². The molecule has 0 amide bonds. The molecule has 0 saturated carbocycles. The van der Waals surface area contributed by atoms with E-state index in [1.807, 2.05) is 0 Å². The van der Waals surface area contributed by atoms with Crippen molar-refractivity contribution in [3.63, 3.8) is 0 Å². The quantitative estimate of drug-likeness (QED) is 0.554. The summed E-state index contributed by atoms with van der Waals surface area (Å²) >= 11 is 1.38. The van der Waals surface area contributed by atoms with Gasteiger partial charge in [0, 0.05) is 0 Å². The fraction of sp³-hybridized carbons (Fsp3) is 1.00. The topological polar surface area (TPSA) is 68.3 Å². The highest BCUT2D eigenvalue weighted by atomic mass is 79.9. The van der Waals surface area contributed by atoms with Crippen molar-refractivity contribution in [2.24, 2.45) is 0 Å². The van der Waals surface area contributed by atoms with Gasteiger partial charge in [-0.15, -0.1) is 0 Å². The van der Waals surface area contributed by atoms with Crippen LogP contribution in [0.1, 0.15) is 0 Å². The minimum Gasteiger partial charge on any atom is -0.217 e. The summed E-state index contributed by atoms with van der Waals surface area (Å²) in [5.74, 6) is 0. The first-order valence-corrected chi connectivity index (χ1v) is 6.91. The van der Waals surface area contributed by atoms with Crippen LogP contribution in [0.2, 0.25) is 0 Å². The molecule has 0 aliphatic heterocycles. The average molecular weight is 359 g/mol. The first-order chi connectivity index (χ1) is 6.65. The van der Waals surface area contributed by atoms with E-state index in [-0.39, 0.29) is 0 Å². The van der Waals surface area contributed by atoms with Crippen molar-refractivity contribution in [2.45, 2.75) is 14.5 Å². The van der Waals surface area contributed by atoms with E-state index in [1.54, 1.807) is 0 Å². The van der Waals surface area contributed by atoms with Gasteiger partial charge >= 0.3 is 11.0 Å². The third kappa shape index (κ3) is 2.61. The van der Waals surface area contributed by atoms with E-state index in [2.05, 4.69) is 0 Å². The Kier molecular flexibility index (Phi) is 4.00. The zero-order chi connectivity index (χ0) is 13.6. The normalized spacial score (nSPS) is 15.5. The predicted octanol–water partition coefficient (Wildman–Crippen LogP) is 1.53. The van der Waals surface area contributed by atoms with E-state index in [4.69, 9.17) is 0 Å². The lowest BCUT2D eigenvalue weighted by molar-refractivity contribution is -0.0460. The molecule has 0 saturated heterocycles. The van der Waals surface area contributed by atoms with Gasteiger partial charge in [-0.1, -0.05) is 15.9 Å². The summed E-state index contributed by atoms with van der Waals surface area (Å²) in [5, 5.41) is 0. The van der Waals surface area contributed by atoms with Crippen molar-refractivity contribution < 1.29 is 43.2 Å². The Morgan fingerprint density at radius 2 is 0.938 bits per heavy atom. The van der Waals surface area contributed by atoms with Crippen molar-refractivity contribution in [3.05, 3.63) is 0 Å². The SMILES string of the molecule is O=S(=O)(C(Br)S(=O)(=O)C(F)(F)F)C(F)(F)F. The van der Waals surface area contributed by atoms with Crippen LogP contribution in [0, 0.1) is 0 Å². The van der Waals surface area contributed by atoms with E-state index in [0.717, 1.165) is 0 Å². The molecule has 0 radical (unpaired) electrons. The fourth-order valence-electron chi connectivity index (χ4n) is 0.377. The molecule has 16 heavy (non-hydrogen) atoms. The largest absolute Gasteiger partial charge is 0.499 e. The highest BCUT2D eigenvalue weighted by Gasteiger charge is 2.62. The molecular formula is C3HBrF6O4S2. The van der Waals surface area contributed by atoms with E-state index in [1.165, 1.54) is 15.9 Å². The number of hydrogen-bond donors (Lipinski definition) is 0. The van der Waals surface area contributed by atoms with E-state index >= 15 is 0 Å². The molecule has 0 aromatic heterocycles. The molecule has 0 atom stereocenters. The third-order valence-corrected chi connectivity index (χ3v) is 7.87. The molecule has 0 rings (SSSR count). The summed E-state index contributed by atoms with van der Waals surface area (Å²) in [4.78, 5) is 0. The van der Waals surface area contributed by atoms with Gasteiger partial charge in [-0.05, 0) is 0 Å². The van der Waals surface area contributed by atoms with Gasteiger partial charge in [0.15, 0.2) is 0 Å². The van der Waals surface area contributed by atoms with Crippen LogP contribution >= 0.6 is 15.9 Å². The molecule has 13 heteroatoms. The van der Waals surface area contributed by atoms with Crippen LogP contribution in [0.4, 0.5) is 26.3 Å². The Bertz CT molecular complexity index is 413. The predicted molar refractivity (Wildman–Crippen MR) is 42.7 cm³/mol.